The molecular formula is C16H19Cl2N3O6S. The molecule has 0 radical (unpaired) electrons. The van der Waals surface area contributed by atoms with E-state index < -0.39 is 40.7 Å². The molecule has 1 amide bonds. The van der Waals surface area contributed by atoms with Gasteiger partial charge in [0.25, 0.3) is 5.91 Å². The van der Waals surface area contributed by atoms with Crippen LogP contribution < -0.4 is 4.72 Å². The first-order valence-electron chi connectivity index (χ1n) is 7.92. The third kappa shape index (κ3) is 6.92. The van der Waals surface area contributed by atoms with Crippen LogP contribution in [0.2, 0.25) is 10.0 Å². The smallest absolute Gasteiger partial charge is 0.327 e. The molecule has 0 saturated carbocycles. The number of benzene rings is 1. The predicted octanol–water partition coefficient (Wildman–Crippen LogP) is 0.936. The topological polar surface area (TPSA) is 137 Å². The van der Waals surface area contributed by atoms with Gasteiger partial charge in [-0.15, -0.1) is 0 Å². The Balaban J connectivity index is 2.84. The van der Waals surface area contributed by atoms with Gasteiger partial charge in [0.05, 0.1) is 33.5 Å². The number of carbonyl (C=O) groups excluding carboxylic acids is 2. The molecule has 0 saturated heterocycles. The van der Waals surface area contributed by atoms with Crippen LogP contribution in [0.25, 0.3) is 0 Å². The van der Waals surface area contributed by atoms with Gasteiger partial charge in [0.1, 0.15) is 6.04 Å². The highest BCUT2D eigenvalue weighted by Gasteiger charge is 2.31. The number of aliphatic hydroxyl groups is 1. The van der Waals surface area contributed by atoms with E-state index >= 15 is 0 Å². The molecule has 0 unspecified atom stereocenters. The third-order valence-electron chi connectivity index (χ3n) is 3.54. The second-order valence-corrected chi connectivity index (χ2v) is 8.27. The minimum Gasteiger partial charge on any atom is -0.454 e. The molecule has 28 heavy (non-hydrogen) atoms. The highest BCUT2D eigenvalue weighted by atomic mass is 35.5. The van der Waals surface area contributed by atoms with Gasteiger partial charge in [0, 0.05) is 13.6 Å². The molecule has 2 N–H and O–H groups in total. The van der Waals surface area contributed by atoms with Crippen LogP contribution in [-0.4, -0.2) is 62.6 Å². The Hall–Kier alpha value is -1.90. The summed E-state index contributed by atoms with van der Waals surface area (Å²) in [7, 11) is -2.82. The van der Waals surface area contributed by atoms with E-state index in [1.54, 1.807) is 0 Å². The monoisotopic (exact) mass is 451 g/mol. The van der Waals surface area contributed by atoms with Crippen LogP contribution in [0.3, 0.4) is 0 Å². The fourth-order valence-electron chi connectivity index (χ4n) is 1.90. The Morgan fingerprint density at radius 3 is 2.54 bits per heavy atom. The molecule has 0 bridgehead atoms. The molecule has 0 aliphatic carbocycles. The largest absolute Gasteiger partial charge is 0.454 e. The number of hydrogen-bond acceptors (Lipinski definition) is 7. The van der Waals surface area contributed by atoms with Crippen LogP contribution in [-0.2, 0) is 24.3 Å². The number of nitrogens with zero attached hydrogens (tertiary/aromatic N) is 2. The second-order valence-electron chi connectivity index (χ2n) is 5.75. The molecule has 0 fully saturated rings. The number of likely N-dealkylation sites (N-methyl/N-ethyl adjacent to an activating group) is 1. The van der Waals surface area contributed by atoms with Crippen LogP contribution >= 0.6 is 23.2 Å². The normalized spacial score (nSPS) is 13.3. The first kappa shape index (κ1) is 24.1. The van der Waals surface area contributed by atoms with Crippen LogP contribution in [0.15, 0.2) is 23.1 Å². The molecule has 0 aliphatic rings. The standard InChI is InChI=1S/C16H19Cl2N3O6S/c1-10(22)15(16(24)27-9-14(23)21(2)7-3-6-19)20-28(25,26)11-4-5-12(17)13(18)8-11/h4-5,8,10,15,20,22H,3,7,9H2,1-2H3/t10-,15-/m1/s1. The van der Waals surface area contributed by atoms with E-state index in [1.165, 1.54) is 31.0 Å². The first-order valence-corrected chi connectivity index (χ1v) is 10.2. The number of esters is 1. The van der Waals surface area contributed by atoms with Crippen molar-refractivity contribution in [2.75, 3.05) is 20.2 Å². The molecule has 9 nitrogen and oxygen atoms in total. The van der Waals surface area contributed by atoms with Gasteiger partial charge in [0.15, 0.2) is 6.61 Å². The summed E-state index contributed by atoms with van der Waals surface area (Å²) in [6, 6.07) is 3.75. The lowest BCUT2D eigenvalue weighted by atomic mass is 10.2. The van der Waals surface area contributed by atoms with E-state index in [1.807, 2.05) is 10.8 Å². The maximum absolute atomic E-state index is 12.4. The molecule has 1 rings (SSSR count). The number of carbonyl (C=O) groups is 2. The van der Waals surface area contributed by atoms with Gasteiger partial charge < -0.3 is 14.7 Å². The van der Waals surface area contributed by atoms with Crippen LogP contribution in [0.5, 0.6) is 0 Å². The fourth-order valence-corrected chi connectivity index (χ4v) is 3.54. The highest BCUT2D eigenvalue weighted by Crippen LogP contribution is 2.25. The Morgan fingerprint density at radius 1 is 1.36 bits per heavy atom. The maximum Gasteiger partial charge on any atom is 0.327 e. The zero-order chi connectivity index (χ0) is 21.5. The van der Waals surface area contributed by atoms with Gasteiger partial charge in [0.2, 0.25) is 10.0 Å². The van der Waals surface area contributed by atoms with Gasteiger partial charge in [-0.2, -0.15) is 9.98 Å². The van der Waals surface area contributed by atoms with Crippen molar-refractivity contribution in [1.29, 1.82) is 5.26 Å². The molecule has 0 heterocycles. The van der Waals surface area contributed by atoms with Crippen molar-refractivity contribution in [3.63, 3.8) is 0 Å². The van der Waals surface area contributed by atoms with Crippen molar-refractivity contribution < 1.29 is 27.9 Å². The Bertz CT molecular complexity index is 870. The lowest BCUT2D eigenvalue weighted by molar-refractivity contribution is -0.154. The first-order chi connectivity index (χ1) is 13.0. The summed E-state index contributed by atoms with van der Waals surface area (Å²) in [4.78, 5) is 24.9. The van der Waals surface area contributed by atoms with Crippen molar-refractivity contribution in [1.82, 2.24) is 9.62 Å². The summed E-state index contributed by atoms with van der Waals surface area (Å²) >= 11 is 11.6. The summed E-state index contributed by atoms with van der Waals surface area (Å²) in [6.07, 6.45) is -1.34. The van der Waals surface area contributed by atoms with Gasteiger partial charge >= 0.3 is 5.97 Å². The molecule has 12 heteroatoms. The SMILES string of the molecule is C[C@@H](O)[C@@H](NS(=O)(=O)c1ccc(Cl)c(Cl)c1)C(=O)OCC(=O)N(C)CCC#N. The van der Waals surface area contributed by atoms with Gasteiger partial charge in [-0.05, 0) is 25.1 Å². The summed E-state index contributed by atoms with van der Waals surface area (Å²) < 4.78 is 31.7. The number of nitrogens with one attached hydrogen (secondary N) is 1. The number of ether oxygens (including phenoxy) is 1. The molecule has 0 aliphatic heterocycles. The number of rotatable bonds is 9. The van der Waals surface area contributed by atoms with Gasteiger partial charge in [-0.3, -0.25) is 9.59 Å². The van der Waals surface area contributed by atoms with Crippen molar-refractivity contribution in [2.45, 2.75) is 30.4 Å². The Kier molecular flexibility index (Phi) is 9.13. The molecule has 154 valence electrons. The van der Waals surface area contributed by atoms with E-state index in [2.05, 4.69) is 0 Å². The minimum absolute atomic E-state index is 0.00767. The minimum atomic E-state index is -4.24. The Labute approximate surface area is 172 Å². The third-order valence-corrected chi connectivity index (χ3v) is 5.72. The summed E-state index contributed by atoms with van der Waals surface area (Å²) in [5, 5.41) is 18.4. The molecule has 0 aromatic heterocycles. The van der Waals surface area contributed by atoms with Gasteiger partial charge in [-0.1, -0.05) is 23.2 Å². The Morgan fingerprint density at radius 2 is 2.00 bits per heavy atom. The number of halogens is 2. The summed E-state index contributed by atoms with van der Waals surface area (Å²) in [5.41, 5.74) is 0. The average Bonchev–Trinajstić information content (AvgIpc) is 2.63. The van der Waals surface area contributed by atoms with Crippen LogP contribution in [0, 0.1) is 11.3 Å². The zero-order valence-electron chi connectivity index (χ0n) is 15.1. The van der Waals surface area contributed by atoms with Crippen molar-refractivity contribution in [3.8, 4) is 6.07 Å². The van der Waals surface area contributed by atoms with E-state index in [0.717, 1.165) is 6.07 Å². The molecule has 2 atom stereocenters. The van der Waals surface area contributed by atoms with Crippen molar-refractivity contribution >= 4 is 45.1 Å². The number of amides is 1. The molecular weight excluding hydrogens is 433 g/mol. The molecule has 1 aromatic carbocycles. The average molecular weight is 452 g/mol. The lowest BCUT2D eigenvalue weighted by Gasteiger charge is -2.21. The number of aliphatic hydroxyl groups excluding tert-OH is 1. The van der Waals surface area contributed by atoms with E-state index in [4.69, 9.17) is 33.2 Å². The maximum atomic E-state index is 12.4. The number of nitriles is 1. The lowest BCUT2D eigenvalue weighted by Crippen LogP contribution is -2.49. The van der Waals surface area contributed by atoms with Crippen molar-refractivity contribution in [2.24, 2.45) is 0 Å². The molecule has 0 spiro atoms. The van der Waals surface area contributed by atoms with Crippen LogP contribution in [0.1, 0.15) is 13.3 Å². The summed E-state index contributed by atoms with van der Waals surface area (Å²) in [6.45, 7) is 0.666. The van der Waals surface area contributed by atoms with E-state index in [-0.39, 0.29) is 27.9 Å². The fraction of sp³-hybridized carbons (Fsp3) is 0.438. The molecule has 1 aromatic rings. The zero-order valence-corrected chi connectivity index (χ0v) is 17.4. The van der Waals surface area contributed by atoms with Crippen molar-refractivity contribution in [3.05, 3.63) is 28.2 Å². The van der Waals surface area contributed by atoms with Crippen LogP contribution in [0.4, 0.5) is 0 Å². The quantitative estimate of drug-likeness (QED) is 0.532. The number of sulfonamides is 1. The second kappa shape index (κ2) is 10.6. The van der Waals surface area contributed by atoms with E-state index in [0.29, 0.717) is 0 Å². The number of hydrogen-bond donors (Lipinski definition) is 2. The highest BCUT2D eigenvalue weighted by molar-refractivity contribution is 7.89. The van der Waals surface area contributed by atoms with Gasteiger partial charge in [-0.25, -0.2) is 8.42 Å². The summed E-state index contributed by atoms with van der Waals surface area (Å²) in [5.74, 6) is -1.72. The predicted molar refractivity (Wildman–Crippen MR) is 101 cm³/mol. The van der Waals surface area contributed by atoms with E-state index in [9.17, 15) is 23.1 Å².